The molecular weight excluding hydrogens is 284 g/mol. The number of carbonyl (C=O) groups is 1. The van der Waals surface area contributed by atoms with Crippen molar-refractivity contribution >= 4 is 23.2 Å². The van der Waals surface area contributed by atoms with Gasteiger partial charge in [0.2, 0.25) is 5.91 Å². The van der Waals surface area contributed by atoms with Gasteiger partial charge < -0.3 is 11.1 Å². The van der Waals surface area contributed by atoms with Gasteiger partial charge in [-0.1, -0.05) is 48.9 Å². The molecule has 2 aromatic carbocycles. The van der Waals surface area contributed by atoms with Crippen LogP contribution in [0.4, 0.5) is 5.69 Å². The average Bonchev–Trinajstić information content (AvgIpc) is 2.49. The number of hydrogen-bond acceptors (Lipinski definition) is 2. The third-order valence-electron chi connectivity index (χ3n) is 3.51. The summed E-state index contributed by atoms with van der Waals surface area (Å²) in [5.41, 5.74) is 7.79. The van der Waals surface area contributed by atoms with Crippen molar-refractivity contribution in [3.8, 4) is 0 Å². The topological polar surface area (TPSA) is 55.1 Å². The number of halogens is 1. The fourth-order valence-corrected chi connectivity index (χ4v) is 2.37. The van der Waals surface area contributed by atoms with Crippen LogP contribution in [-0.2, 0) is 0 Å². The highest BCUT2D eigenvalue weighted by Gasteiger charge is 2.07. The second-order valence-electron chi connectivity index (χ2n) is 5.09. The van der Waals surface area contributed by atoms with E-state index >= 15 is 0 Å². The van der Waals surface area contributed by atoms with E-state index in [1.165, 1.54) is 5.56 Å². The molecule has 0 aromatic heterocycles. The lowest BCUT2D eigenvalue weighted by molar-refractivity contribution is 0.100. The molecule has 110 valence electrons. The Bertz CT molecular complexity index is 613. The monoisotopic (exact) mass is 302 g/mol. The van der Waals surface area contributed by atoms with Crippen molar-refractivity contribution in [3.63, 3.8) is 0 Å². The highest BCUT2D eigenvalue weighted by atomic mass is 35.5. The first-order chi connectivity index (χ1) is 10.1. The van der Waals surface area contributed by atoms with Crippen molar-refractivity contribution < 1.29 is 4.79 Å². The van der Waals surface area contributed by atoms with Gasteiger partial charge in [0.1, 0.15) is 0 Å². The fourth-order valence-electron chi connectivity index (χ4n) is 2.19. The van der Waals surface area contributed by atoms with Gasteiger partial charge in [0, 0.05) is 12.1 Å². The summed E-state index contributed by atoms with van der Waals surface area (Å²) >= 11 is 6.12. The number of anilines is 1. The summed E-state index contributed by atoms with van der Waals surface area (Å²) in [5, 5.41) is 3.86. The molecule has 0 saturated carbocycles. The molecule has 0 radical (unpaired) electrons. The van der Waals surface area contributed by atoms with Gasteiger partial charge in [-0.15, -0.1) is 0 Å². The zero-order valence-corrected chi connectivity index (χ0v) is 12.7. The van der Waals surface area contributed by atoms with Gasteiger partial charge in [0.05, 0.1) is 10.7 Å². The largest absolute Gasteiger partial charge is 0.384 e. The maximum atomic E-state index is 11.2. The highest BCUT2D eigenvalue weighted by molar-refractivity contribution is 6.33. The average molecular weight is 303 g/mol. The Morgan fingerprint density at radius 2 is 1.95 bits per heavy atom. The SMILES string of the molecule is CC(CCNc1cc(C(N)=O)ccc1Cl)c1ccccc1. The quantitative estimate of drug-likeness (QED) is 0.846. The van der Waals surface area contributed by atoms with Crippen molar-refractivity contribution in [1.82, 2.24) is 0 Å². The zero-order chi connectivity index (χ0) is 15.2. The van der Waals surface area contributed by atoms with Crippen LogP contribution in [0.15, 0.2) is 48.5 Å². The normalized spacial score (nSPS) is 11.9. The molecule has 2 rings (SSSR count). The second-order valence-corrected chi connectivity index (χ2v) is 5.49. The smallest absolute Gasteiger partial charge is 0.248 e. The maximum Gasteiger partial charge on any atom is 0.248 e. The number of amides is 1. The van der Waals surface area contributed by atoms with E-state index in [0.29, 0.717) is 16.5 Å². The Hall–Kier alpha value is -2.00. The van der Waals surface area contributed by atoms with Crippen LogP contribution >= 0.6 is 11.6 Å². The molecule has 0 aliphatic carbocycles. The Kier molecular flexibility index (Phi) is 5.23. The molecule has 0 heterocycles. The molecule has 3 N–H and O–H groups in total. The van der Waals surface area contributed by atoms with Crippen LogP contribution < -0.4 is 11.1 Å². The Balaban J connectivity index is 1.94. The van der Waals surface area contributed by atoms with E-state index in [4.69, 9.17) is 17.3 Å². The number of benzene rings is 2. The molecule has 0 fully saturated rings. The Morgan fingerprint density at radius 3 is 2.62 bits per heavy atom. The van der Waals surface area contributed by atoms with Crippen LogP contribution in [0.2, 0.25) is 5.02 Å². The molecule has 0 aliphatic rings. The van der Waals surface area contributed by atoms with E-state index in [-0.39, 0.29) is 0 Å². The zero-order valence-electron chi connectivity index (χ0n) is 12.0. The molecule has 0 spiro atoms. The summed E-state index contributed by atoms with van der Waals surface area (Å²) in [6.07, 6.45) is 0.973. The lowest BCUT2D eigenvalue weighted by Gasteiger charge is -2.14. The van der Waals surface area contributed by atoms with Crippen LogP contribution in [0.5, 0.6) is 0 Å². The van der Waals surface area contributed by atoms with Gasteiger partial charge in [0.15, 0.2) is 0 Å². The number of rotatable bonds is 6. The minimum atomic E-state index is -0.452. The summed E-state index contributed by atoms with van der Waals surface area (Å²) < 4.78 is 0. The van der Waals surface area contributed by atoms with Gasteiger partial charge in [-0.25, -0.2) is 0 Å². The summed E-state index contributed by atoms with van der Waals surface area (Å²) in [6.45, 7) is 2.97. The standard InChI is InChI=1S/C17H19ClN2O/c1-12(13-5-3-2-4-6-13)9-10-20-16-11-14(17(19)21)7-8-15(16)18/h2-8,11-12,20H,9-10H2,1H3,(H2,19,21). The van der Waals surface area contributed by atoms with E-state index in [2.05, 4.69) is 24.4 Å². The number of nitrogens with one attached hydrogen (secondary N) is 1. The first kappa shape index (κ1) is 15.4. The maximum absolute atomic E-state index is 11.2. The number of primary amides is 1. The first-order valence-corrected chi connectivity index (χ1v) is 7.34. The molecule has 1 unspecified atom stereocenters. The predicted molar refractivity (Wildman–Crippen MR) is 87.9 cm³/mol. The van der Waals surface area contributed by atoms with Crippen molar-refractivity contribution in [1.29, 1.82) is 0 Å². The molecule has 0 bridgehead atoms. The van der Waals surface area contributed by atoms with E-state index < -0.39 is 5.91 Å². The lowest BCUT2D eigenvalue weighted by atomic mass is 9.98. The summed E-state index contributed by atoms with van der Waals surface area (Å²) in [6, 6.07) is 15.4. The molecule has 1 amide bonds. The van der Waals surface area contributed by atoms with E-state index in [9.17, 15) is 4.79 Å². The van der Waals surface area contributed by atoms with Crippen LogP contribution in [0.3, 0.4) is 0 Å². The minimum absolute atomic E-state index is 0.452. The molecule has 3 nitrogen and oxygen atoms in total. The molecule has 0 saturated heterocycles. The minimum Gasteiger partial charge on any atom is -0.384 e. The molecular formula is C17H19ClN2O. The summed E-state index contributed by atoms with van der Waals surface area (Å²) in [4.78, 5) is 11.2. The van der Waals surface area contributed by atoms with Crippen LogP contribution in [-0.4, -0.2) is 12.5 Å². The van der Waals surface area contributed by atoms with Crippen LogP contribution in [0.25, 0.3) is 0 Å². The molecule has 2 aromatic rings. The fraction of sp³-hybridized carbons (Fsp3) is 0.235. The Labute approximate surface area is 130 Å². The van der Waals surface area contributed by atoms with Crippen molar-refractivity contribution in [2.45, 2.75) is 19.3 Å². The van der Waals surface area contributed by atoms with Gasteiger partial charge in [-0.3, -0.25) is 4.79 Å². The van der Waals surface area contributed by atoms with Crippen LogP contribution in [0.1, 0.15) is 35.2 Å². The molecule has 0 aliphatic heterocycles. The van der Waals surface area contributed by atoms with E-state index in [1.807, 2.05) is 18.2 Å². The van der Waals surface area contributed by atoms with Gasteiger partial charge in [-0.2, -0.15) is 0 Å². The van der Waals surface area contributed by atoms with Gasteiger partial charge in [0.25, 0.3) is 0 Å². The molecule has 1 atom stereocenters. The highest BCUT2D eigenvalue weighted by Crippen LogP contribution is 2.24. The lowest BCUT2D eigenvalue weighted by Crippen LogP contribution is -2.12. The summed E-state index contributed by atoms with van der Waals surface area (Å²) in [5.74, 6) is 0.00386. The first-order valence-electron chi connectivity index (χ1n) is 6.96. The third-order valence-corrected chi connectivity index (χ3v) is 3.84. The van der Waals surface area contributed by atoms with Gasteiger partial charge >= 0.3 is 0 Å². The summed E-state index contributed by atoms with van der Waals surface area (Å²) in [7, 11) is 0. The second kappa shape index (κ2) is 7.14. The number of carbonyl (C=O) groups excluding carboxylic acids is 1. The Morgan fingerprint density at radius 1 is 1.24 bits per heavy atom. The van der Waals surface area contributed by atoms with E-state index in [0.717, 1.165) is 18.7 Å². The molecule has 21 heavy (non-hydrogen) atoms. The third kappa shape index (κ3) is 4.23. The molecule has 4 heteroatoms. The predicted octanol–water partition coefficient (Wildman–Crippen LogP) is 4.04. The number of hydrogen-bond donors (Lipinski definition) is 2. The van der Waals surface area contributed by atoms with Crippen molar-refractivity contribution in [3.05, 3.63) is 64.7 Å². The van der Waals surface area contributed by atoms with Crippen molar-refractivity contribution in [2.24, 2.45) is 5.73 Å². The van der Waals surface area contributed by atoms with Crippen molar-refractivity contribution in [2.75, 3.05) is 11.9 Å². The van der Waals surface area contributed by atoms with E-state index in [1.54, 1.807) is 18.2 Å². The van der Waals surface area contributed by atoms with Crippen LogP contribution in [0, 0.1) is 0 Å². The number of nitrogens with two attached hydrogens (primary N) is 1. The van der Waals surface area contributed by atoms with Gasteiger partial charge in [-0.05, 0) is 36.1 Å².